The molecule has 2 aromatic heterocycles. The first-order valence-electron chi connectivity index (χ1n) is 9.24. The molecule has 2 aromatic carbocycles. The molecule has 0 spiro atoms. The number of nitriles is 1. The summed E-state index contributed by atoms with van der Waals surface area (Å²) >= 11 is 1.80. The van der Waals surface area contributed by atoms with Crippen LogP contribution in [-0.4, -0.2) is 28.7 Å². The van der Waals surface area contributed by atoms with Crippen LogP contribution in [0, 0.1) is 11.3 Å². The topological polar surface area (TPSA) is 52.8 Å². The van der Waals surface area contributed by atoms with Gasteiger partial charge >= 0.3 is 0 Å². The van der Waals surface area contributed by atoms with E-state index in [0.717, 1.165) is 24.3 Å². The summed E-state index contributed by atoms with van der Waals surface area (Å²) in [5.74, 6) is 0.362. The van der Waals surface area contributed by atoms with Crippen LogP contribution in [0.25, 0.3) is 21.3 Å². The van der Waals surface area contributed by atoms with Gasteiger partial charge in [-0.3, -0.25) is 0 Å². The molecule has 0 bridgehead atoms. The molecule has 5 heteroatoms. The van der Waals surface area contributed by atoms with E-state index in [0.29, 0.717) is 11.6 Å². The summed E-state index contributed by atoms with van der Waals surface area (Å²) in [5, 5.41) is 20.6. The van der Waals surface area contributed by atoms with Crippen molar-refractivity contribution in [3.8, 4) is 17.3 Å². The molecule has 0 N–H and O–H groups in total. The third-order valence-corrected chi connectivity index (χ3v) is 6.29. The van der Waals surface area contributed by atoms with Gasteiger partial charge in [-0.2, -0.15) is 5.26 Å². The molecule has 0 aliphatic carbocycles. The Hall–Kier alpha value is -3.07. The average molecular weight is 382 g/mol. The van der Waals surface area contributed by atoms with E-state index in [1.807, 2.05) is 12.1 Å². The SMILES string of the molecule is CN1Cc2cc(-c3ccc(C#N)nn3)ccc2C(c2ccc3ccsc3c2)C1. The summed E-state index contributed by atoms with van der Waals surface area (Å²) in [5.41, 5.74) is 6.26. The quantitative estimate of drug-likeness (QED) is 0.499. The molecule has 1 aliphatic heterocycles. The van der Waals surface area contributed by atoms with Crippen molar-refractivity contribution in [3.05, 3.63) is 82.4 Å². The number of hydrogen-bond donors (Lipinski definition) is 0. The molecule has 3 heterocycles. The van der Waals surface area contributed by atoms with Crippen LogP contribution in [0.2, 0.25) is 0 Å². The molecule has 1 atom stereocenters. The highest BCUT2D eigenvalue weighted by Crippen LogP contribution is 2.36. The largest absolute Gasteiger partial charge is 0.301 e. The van der Waals surface area contributed by atoms with E-state index in [1.165, 1.54) is 26.8 Å². The van der Waals surface area contributed by atoms with Gasteiger partial charge in [0.1, 0.15) is 6.07 Å². The zero-order valence-electron chi connectivity index (χ0n) is 15.5. The lowest BCUT2D eigenvalue weighted by atomic mass is 9.83. The first-order chi connectivity index (χ1) is 13.7. The Morgan fingerprint density at radius 1 is 1.07 bits per heavy atom. The van der Waals surface area contributed by atoms with Crippen LogP contribution in [0.5, 0.6) is 0 Å². The lowest BCUT2D eigenvalue weighted by Crippen LogP contribution is -2.31. The Bertz CT molecular complexity index is 1200. The molecular formula is C23H18N4S. The predicted octanol–water partition coefficient (Wildman–Crippen LogP) is 4.81. The summed E-state index contributed by atoms with van der Waals surface area (Å²) in [6, 6.07) is 21.2. The number of rotatable bonds is 2. The van der Waals surface area contributed by atoms with Crippen LogP contribution in [0.15, 0.2) is 60.0 Å². The lowest BCUT2D eigenvalue weighted by Gasteiger charge is -2.33. The van der Waals surface area contributed by atoms with Gasteiger partial charge in [0.2, 0.25) is 0 Å². The van der Waals surface area contributed by atoms with Crippen LogP contribution in [0.4, 0.5) is 0 Å². The monoisotopic (exact) mass is 382 g/mol. The van der Waals surface area contributed by atoms with Crippen LogP contribution < -0.4 is 0 Å². The number of thiophene rings is 1. The molecule has 28 heavy (non-hydrogen) atoms. The minimum Gasteiger partial charge on any atom is -0.301 e. The van der Waals surface area contributed by atoms with Crippen molar-refractivity contribution in [2.45, 2.75) is 12.5 Å². The van der Waals surface area contributed by atoms with Crippen molar-refractivity contribution in [2.75, 3.05) is 13.6 Å². The molecular weight excluding hydrogens is 364 g/mol. The molecule has 0 amide bonds. The van der Waals surface area contributed by atoms with Gasteiger partial charge in [-0.1, -0.05) is 24.3 Å². The number of benzene rings is 2. The van der Waals surface area contributed by atoms with Gasteiger partial charge < -0.3 is 4.90 Å². The fraction of sp³-hybridized carbons (Fsp3) is 0.174. The highest BCUT2D eigenvalue weighted by atomic mass is 32.1. The van der Waals surface area contributed by atoms with E-state index in [4.69, 9.17) is 5.26 Å². The maximum Gasteiger partial charge on any atom is 0.163 e. The maximum absolute atomic E-state index is 8.92. The number of hydrogen-bond acceptors (Lipinski definition) is 5. The zero-order chi connectivity index (χ0) is 19.1. The predicted molar refractivity (Wildman–Crippen MR) is 112 cm³/mol. The summed E-state index contributed by atoms with van der Waals surface area (Å²) in [7, 11) is 2.17. The Labute approximate surface area is 167 Å². The van der Waals surface area contributed by atoms with Gasteiger partial charge in [-0.25, -0.2) is 0 Å². The molecule has 1 aliphatic rings. The lowest BCUT2D eigenvalue weighted by molar-refractivity contribution is 0.295. The maximum atomic E-state index is 8.92. The third-order valence-electron chi connectivity index (χ3n) is 5.41. The normalized spacial score (nSPS) is 16.6. The fourth-order valence-electron chi connectivity index (χ4n) is 4.03. The Kier molecular flexibility index (Phi) is 4.16. The third kappa shape index (κ3) is 2.97. The fourth-order valence-corrected chi connectivity index (χ4v) is 4.86. The van der Waals surface area contributed by atoms with Gasteiger partial charge in [0, 0.05) is 29.3 Å². The summed E-state index contributed by atoms with van der Waals surface area (Å²) in [4.78, 5) is 2.37. The van der Waals surface area contributed by atoms with Crippen LogP contribution >= 0.6 is 11.3 Å². The number of fused-ring (bicyclic) bond motifs is 2. The van der Waals surface area contributed by atoms with Gasteiger partial charge in [0.05, 0.1) is 5.69 Å². The van der Waals surface area contributed by atoms with E-state index in [-0.39, 0.29) is 0 Å². The number of aromatic nitrogens is 2. The van der Waals surface area contributed by atoms with Gasteiger partial charge in [-0.05, 0) is 64.8 Å². The van der Waals surface area contributed by atoms with Gasteiger partial charge in [0.15, 0.2) is 5.69 Å². The second-order valence-corrected chi connectivity index (χ2v) is 8.24. The van der Waals surface area contributed by atoms with Crippen molar-refractivity contribution in [1.82, 2.24) is 15.1 Å². The highest BCUT2D eigenvalue weighted by molar-refractivity contribution is 7.17. The summed E-state index contributed by atoms with van der Waals surface area (Å²) < 4.78 is 1.34. The second kappa shape index (κ2) is 6.83. The molecule has 136 valence electrons. The van der Waals surface area contributed by atoms with Crippen molar-refractivity contribution >= 4 is 21.4 Å². The van der Waals surface area contributed by atoms with E-state index in [1.54, 1.807) is 17.4 Å². The van der Waals surface area contributed by atoms with Crippen molar-refractivity contribution in [2.24, 2.45) is 0 Å². The molecule has 0 radical (unpaired) electrons. The minimum atomic E-state index is 0.338. The van der Waals surface area contributed by atoms with Crippen molar-refractivity contribution in [3.63, 3.8) is 0 Å². The van der Waals surface area contributed by atoms with E-state index < -0.39 is 0 Å². The zero-order valence-corrected chi connectivity index (χ0v) is 16.3. The molecule has 4 aromatic rings. The minimum absolute atomic E-state index is 0.338. The first kappa shape index (κ1) is 17.1. The van der Waals surface area contributed by atoms with E-state index >= 15 is 0 Å². The van der Waals surface area contributed by atoms with Crippen LogP contribution in [-0.2, 0) is 6.54 Å². The second-order valence-electron chi connectivity index (χ2n) is 7.30. The molecule has 0 saturated heterocycles. The standard InChI is InChI=1S/C23H18N4S/c1-27-13-18-10-17(22-7-5-19(12-24)25-26-22)4-6-20(18)21(14-27)16-3-2-15-8-9-28-23(15)11-16/h2-11,21H,13-14H2,1H3. The Balaban J connectivity index is 1.56. The first-order valence-corrected chi connectivity index (χ1v) is 10.1. The van der Waals surface area contributed by atoms with Crippen LogP contribution in [0.1, 0.15) is 28.3 Å². The van der Waals surface area contributed by atoms with E-state index in [2.05, 4.69) is 70.0 Å². The average Bonchev–Trinajstić information content (AvgIpc) is 3.20. The molecule has 5 rings (SSSR count). The van der Waals surface area contributed by atoms with E-state index in [9.17, 15) is 0 Å². The molecule has 1 unspecified atom stereocenters. The Morgan fingerprint density at radius 2 is 2.00 bits per heavy atom. The Morgan fingerprint density at radius 3 is 2.82 bits per heavy atom. The number of nitrogens with zero attached hydrogens (tertiary/aromatic N) is 4. The highest BCUT2D eigenvalue weighted by Gasteiger charge is 2.25. The number of likely N-dealkylation sites (N-methyl/N-ethyl adjacent to an activating group) is 1. The molecule has 0 saturated carbocycles. The van der Waals surface area contributed by atoms with Crippen molar-refractivity contribution < 1.29 is 0 Å². The summed E-state index contributed by atoms with van der Waals surface area (Å²) in [6.07, 6.45) is 0. The molecule has 4 nitrogen and oxygen atoms in total. The smallest absolute Gasteiger partial charge is 0.163 e. The summed E-state index contributed by atoms with van der Waals surface area (Å²) in [6.45, 7) is 1.94. The van der Waals surface area contributed by atoms with Crippen molar-refractivity contribution in [1.29, 1.82) is 5.26 Å². The molecule has 0 fully saturated rings. The van der Waals surface area contributed by atoms with Crippen LogP contribution in [0.3, 0.4) is 0 Å². The van der Waals surface area contributed by atoms with Gasteiger partial charge in [-0.15, -0.1) is 21.5 Å². The van der Waals surface area contributed by atoms with Gasteiger partial charge in [0.25, 0.3) is 0 Å².